The SMILES string of the molecule is c1ccc2cc(-c3nc(-c4cc5ccccc5c5ccccc45)nc(-c4cc5ccc6ccccc6c5c5sc6cc7ccccc7cc6c45)n3)ccc2c1. The average Bonchev–Trinajstić information content (AvgIpc) is 3.62. The molecule has 0 aliphatic carbocycles. The summed E-state index contributed by atoms with van der Waals surface area (Å²) in [6, 6.07) is 63.2. The second-order valence-corrected chi connectivity index (χ2v) is 15.4. The molecule has 12 aromatic rings. The molecule has 2 aromatic heterocycles. The maximum atomic E-state index is 5.47. The Morgan fingerprint density at radius 2 is 0.855 bits per heavy atom. The molecule has 254 valence electrons. The van der Waals surface area contributed by atoms with Gasteiger partial charge in [0.1, 0.15) is 0 Å². The molecule has 0 aliphatic heterocycles. The van der Waals surface area contributed by atoms with Gasteiger partial charge in [0.25, 0.3) is 0 Å². The number of rotatable bonds is 3. The number of nitrogens with zero attached hydrogens (tertiary/aromatic N) is 3. The fraction of sp³-hybridized carbons (Fsp3) is 0. The van der Waals surface area contributed by atoms with Crippen LogP contribution < -0.4 is 0 Å². The van der Waals surface area contributed by atoms with Gasteiger partial charge in [0.05, 0.1) is 0 Å². The zero-order valence-electron chi connectivity index (χ0n) is 29.5. The van der Waals surface area contributed by atoms with Crippen LogP contribution in [0.15, 0.2) is 176 Å². The monoisotopic (exact) mass is 715 g/mol. The Kier molecular flexibility index (Phi) is 6.50. The molecule has 0 spiro atoms. The van der Waals surface area contributed by atoms with Crippen LogP contribution in [-0.4, -0.2) is 15.0 Å². The van der Waals surface area contributed by atoms with Crippen LogP contribution in [0, 0.1) is 0 Å². The van der Waals surface area contributed by atoms with Gasteiger partial charge in [-0.3, -0.25) is 0 Å². The molecule has 55 heavy (non-hydrogen) atoms. The van der Waals surface area contributed by atoms with E-state index in [4.69, 9.17) is 15.0 Å². The number of thiophene rings is 1. The highest BCUT2D eigenvalue weighted by atomic mass is 32.1. The van der Waals surface area contributed by atoms with Crippen molar-refractivity contribution in [1.29, 1.82) is 0 Å². The Labute approximate surface area is 319 Å². The van der Waals surface area contributed by atoms with E-state index < -0.39 is 0 Å². The third-order valence-corrected chi connectivity index (χ3v) is 12.4. The van der Waals surface area contributed by atoms with Gasteiger partial charge >= 0.3 is 0 Å². The molecular formula is C51H29N3S. The van der Waals surface area contributed by atoms with Gasteiger partial charge in [-0.1, -0.05) is 146 Å². The largest absolute Gasteiger partial charge is 0.208 e. The molecule has 0 fully saturated rings. The molecule has 12 rings (SSSR count). The zero-order valence-corrected chi connectivity index (χ0v) is 30.3. The average molecular weight is 716 g/mol. The molecule has 10 aromatic carbocycles. The maximum absolute atomic E-state index is 5.47. The van der Waals surface area contributed by atoms with Gasteiger partial charge in [0.2, 0.25) is 0 Å². The molecule has 3 nitrogen and oxygen atoms in total. The molecule has 0 radical (unpaired) electrons. The van der Waals surface area contributed by atoms with Crippen LogP contribution in [0.2, 0.25) is 0 Å². The number of hydrogen-bond acceptors (Lipinski definition) is 4. The molecule has 0 N–H and O–H groups in total. The Bertz CT molecular complexity index is 3560. The second kappa shape index (κ2) is 11.7. The van der Waals surface area contributed by atoms with Gasteiger partial charge in [-0.2, -0.15) is 0 Å². The molecule has 0 saturated heterocycles. The lowest BCUT2D eigenvalue weighted by atomic mass is 9.95. The number of fused-ring (bicyclic) bond motifs is 12. The van der Waals surface area contributed by atoms with Gasteiger partial charge < -0.3 is 0 Å². The summed E-state index contributed by atoms with van der Waals surface area (Å²) in [6.07, 6.45) is 0. The fourth-order valence-corrected chi connectivity index (χ4v) is 9.93. The molecule has 0 aliphatic rings. The number of hydrogen-bond donors (Lipinski definition) is 0. The van der Waals surface area contributed by atoms with Crippen molar-refractivity contribution in [3.8, 4) is 34.2 Å². The first kappa shape index (κ1) is 30.5. The van der Waals surface area contributed by atoms with E-state index in [9.17, 15) is 0 Å². The Morgan fingerprint density at radius 3 is 1.65 bits per heavy atom. The normalized spacial score (nSPS) is 12.0. The van der Waals surface area contributed by atoms with Crippen LogP contribution in [-0.2, 0) is 0 Å². The molecule has 0 atom stereocenters. The lowest BCUT2D eigenvalue weighted by molar-refractivity contribution is 1.08. The second-order valence-electron chi connectivity index (χ2n) is 14.4. The highest BCUT2D eigenvalue weighted by Gasteiger charge is 2.22. The predicted octanol–water partition coefficient (Wildman–Crippen LogP) is 14.2. The standard InChI is InChI=1S/C51H29N3S/c1-2-13-32-25-37(24-21-30(32)11-1)49-52-50(42-27-35-16-6-7-17-38(35)40-19-9-10-20-41(40)42)54-51(53-49)44-28-36-23-22-31-12-5-8-18-39(31)46(36)48-47(44)43-26-33-14-3-4-15-34(33)29-45(43)55-48/h1-29H. The minimum Gasteiger partial charge on any atom is -0.208 e. The topological polar surface area (TPSA) is 38.7 Å². The fourth-order valence-electron chi connectivity index (χ4n) is 8.61. The summed E-state index contributed by atoms with van der Waals surface area (Å²) >= 11 is 1.86. The van der Waals surface area contributed by atoms with Crippen molar-refractivity contribution >= 4 is 96.1 Å². The maximum Gasteiger partial charge on any atom is 0.164 e. The summed E-state index contributed by atoms with van der Waals surface area (Å²) in [4.78, 5) is 16.2. The highest BCUT2D eigenvalue weighted by Crippen LogP contribution is 2.47. The van der Waals surface area contributed by atoms with Crippen LogP contribution in [0.3, 0.4) is 0 Å². The first-order chi connectivity index (χ1) is 27.2. The molecule has 0 saturated carbocycles. The Hall–Kier alpha value is -7.01. The highest BCUT2D eigenvalue weighted by molar-refractivity contribution is 7.27. The molecule has 0 amide bonds. The number of aromatic nitrogens is 3. The van der Waals surface area contributed by atoms with Crippen LogP contribution in [0.25, 0.3) is 119 Å². The van der Waals surface area contributed by atoms with Crippen LogP contribution in [0.1, 0.15) is 0 Å². The first-order valence-electron chi connectivity index (χ1n) is 18.6. The van der Waals surface area contributed by atoms with Crippen molar-refractivity contribution in [2.75, 3.05) is 0 Å². The molecule has 0 unspecified atom stereocenters. The van der Waals surface area contributed by atoms with Crippen LogP contribution >= 0.6 is 11.3 Å². The van der Waals surface area contributed by atoms with Crippen molar-refractivity contribution in [3.05, 3.63) is 176 Å². The van der Waals surface area contributed by atoms with E-state index in [1.165, 1.54) is 68.6 Å². The summed E-state index contributed by atoms with van der Waals surface area (Å²) in [5.41, 5.74) is 2.96. The third kappa shape index (κ3) is 4.72. The van der Waals surface area contributed by atoms with Crippen molar-refractivity contribution in [3.63, 3.8) is 0 Å². The Morgan fingerprint density at radius 1 is 0.309 bits per heavy atom. The smallest absolute Gasteiger partial charge is 0.164 e. The Balaban J connectivity index is 1.23. The van der Waals surface area contributed by atoms with Crippen molar-refractivity contribution in [2.24, 2.45) is 0 Å². The van der Waals surface area contributed by atoms with E-state index in [2.05, 4.69) is 176 Å². The van der Waals surface area contributed by atoms with Gasteiger partial charge in [-0.15, -0.1) is 11.3 Å². The van der Waals surface area contributed by atoms with Gasteiger partial charge in [0.15, 0.2) is 17.5 Å². The zero-order chi connectivity index (χ0) is 36.0. The molecule has 4 heteroatoms. The van der Waals surface area contributed by atoms with Gasteiger partial charge in [-0.05, 0) is 89.6 Å². The first-order valence-corrected chi connectivity index (χ1v) is 19.4. The minimum atomic E-state index is 0.653. The van der Waals surface area contributed by atoms with Crippen molar-refractivity contribution in [2.45, 2.75) is 0 Å². The predicted molar refractivity (Wildman–Crippen MR) is 234 cm³/mol. The van der Waals surface area contributed by atoms with Gasteiger partial charge in [0, 0.05) is 42.2 Å². The molecule has 0 bridgehead atoms. The minimum absolute atomic E-state index is 0.653. The van der Waals surface area contributed by atoms with E-state index in [-0.39, 0.29) is 0 Å². The van der Waals surface area contributed by atoms with Crippen molar-refractivity contribution in [1.82, 2.24) is 15.0 Å². The lowest BCUT2D eigenvalue weighted by Gasteiger charge is -2.14. The summed E-state index contributed by atoms with van der Waals surface area (Å²) in [6.45, 7) is 0. The lowest BCUT2D eigenvalue weighted by Crippen LogP contribution is -2.01. The molecule has 2 heterocycles. The van der Waals surface area contributed by atoms with Crippen molar-refractivity contribution < 1.29 is 0 Å². The summed E-state index contributed by atoms with van der Waals surface area (Å²) in [7, 11) is 0. The van der Waals surface area contributed by atoms with E-state index in [0.717, 1.165) is 32.8 Å². The summed E-state index contributed by atoms with van der Waals surface area (Å²) in [5.74, 6) is 1.98. The third-order valence-electron chi connectivity index (χ3n) is 11.2. The summed E-state index contributed by atoms with van der Waals surface area (Å²) in [5, 5.41) is 16.8. The molecular weight excluding hydrogens is 687 g/mol. The van der Waals surface area contributed by atoms with Gasteiger partial charge in [-0.25, -0.2) is 15.0 Å². The van der Waals surface area contributed by atoms with E-state index in [1.54, 1.807) is 0 Å². The van der Waals surface area contributed by atoms with Crippen LogP contribution in [0.5, 0.6) is 0 Å². The summed E-state index contributed by atoms with van der Waals surface area (Å²) < 4.78 is 2.50. The quantitative estimate of drug-likeness (QED) is 0.171. The van der Waals surface area contributed by atoms with Crippen LogP contribution in [0.4, 0.5) is 0 Å². The van der Waals surface area contributed by atoms with E-state index in [1.807, 2.05) is 11.3 Å². The van der Waals surface area contributed by atoms with E-state index >= 15 is 0 Å². The number of benzene rings is 10. The van der Waals surface area contributed by atoms with E-state index in [0.29, 0.717) is 17.5 Å².